The highest BCUT2D eigenvalue weighted by Crippen LogP contribution is 2.17. The van der Waals surface area contributed by atoms with E-state index in [4.69, 9.17) is 19.8 Å². The summed E-state index contributed by atoms with van der Waals surface area (Å²) >= 11 is 3.48. The molecule has 0 saturated carbocycles. The van der Waals surface area contributed by atoms with Gasteiger partial charge >= 0.3 is 11.9 Å². The van der Waals surface area contributed by atoms with Gasteiger partial charge in [0.1, 0.15) is 0 Å². The topological polar surface area (TPSA) is 141 Å². The van der Waals surface area contributed by atoms with Gasteiger partial charge in [-0.1, -0.05) is 28.1 Å². The van der Waals surface area contributed by atoms with E-state index >= 15 is 0 Å². The van der Waals surface area contributed by atoms with Crippen LogP contribution >= 0.6 is 15.9 Å². The van der Waals surface area contributed by atoms with Crippen LogP contribution in [0.2, 0.25) is 0 Å². The number of nitro benzene ring substituents is 1. The molecule has 1 fully saturated rings. The molecule has 0 unspecified atom stereocenters. The minimum atomic E-state index is -1.82. The Morgan fingerprint density at radius 3 is 2.03 bits per heavy atom. The van der Waals surface area contributed by atoms with E-state index in [1.807, 2.05) is 12.1 Å². The number of aliphatic carboxylic acids is 2. The second-order valence-corrected chi connectivity index (χ2v) is 7.53. The molecule has 1 aliphatic heterocycles. The van der Waals surface area contributed by atoms with Crippen LogP contribution in [0.5, 0.6) is 0 Å². The zero-order chi connectivity index (χ0) is 23.0. The highest BCUT2D eigenvalue weighted by Gasteiger charge is 2.22. The van der Waals surface area contributed by atoms with Crippen molar-refractivity contribution in [1.29, 1.82) is 0 Å². The zero-order valence-electron chi connectivity index (χ0n) is 16.3. The van der Waals surface area contributed by atoms with Gasteiger partial charge in [-0.05, 0) is 29.8 Å². The highest BCUT2D eigenvalue weighted by atomic mass is 79.9. The fraction of sp³-hybridized carbons (Fsp3) is 0.250. The van der Waals surface area contributed by atoms with Gasteiger partial charge < -0.3 is 15.1 Å². The lowest BCUT2D eigenvalue weighted by atomic mass is 10.1. The third-order valence-electron chi connectivity index (χ3n) is 4.46. The van der Waals surface area contributed by atoms with Gasteiger partial charge in [0.05, 0.1) is 4.92 Å². The summed E-state index contributed by atoms with van der Waals surface area (Å²) in [5.74, 6) is -3.72. The number of carbonyl (C=O) groups is 3. The molecule has 1 saturated heterocycles. The molecule has 10 nitrogen and oxygen atoms in total. The number of hydrogen-bond donors (Lipinski definition) is 2. The number of rotatable bonds is 4. The third kappa shape index (κ3) is 7.46. The SMILES string of the molecule is O=C(O)C(=O)O.O=C(c1ccc([N+](=O)[O-])cc1)N1CCN(Cc2cccc(Br)c2)CC1. The molecule has 0 aromatic heterocycles. The predicted octanol–water partition coefficient (Wildman–Crippen LogP) is 2.47. The van der Waals surface area contributed by atoms with Crippen LogP contribution < -0.4 is 0 Å². The van der Waals surface area contributed by atoms with E-state index in [0.717, 1.165) is 24.1 Å². The van der Waals surface area contributed by atoms with Crippen LogP contribution in [0, 0.1) is 10.1 Å². The molecule has 0 radical (unpaired) electrons. The zero-order valence-corrected chi connectivity index (χ0v) is 17.9. The van der Waals surface area contributed by atoms with Crippen molar-refractivity contribution < 1.29 is 29.5 Å². The molecule has 0 bridgehead atoms. The number of benzene rings is 2. The van der Waals surface area contributed by atoms with Crippen LogP contribution in [0.4, 0.5) is 5.69 Å². The quantitative estimate of drug-likeness (QED) is 0.375. The standard InChI is InChI=1S/C18H18BrN3O3.C2H2O4/c19-16-3-1-2-14(12-16)13-20-8-10-21(11-9-20)18(23)15-4-6-17(7-5-15)22(24)25;3-1(4)2(5)6/h1-7,12H,8-11,13H2;(H,3,4)(H,5,6). The van der Waals surface area contributed by atoms with E-state index in [1.165, 1.54) is 29.8 Å². The van der Waals surface area contributed by atoms with E-state index in [0.29, 0.717) is 18.7 Å². The van der Waals surface area contributed by atoms with Gasteiger partial charge in [0, 0.05) is 54.9 Å². The number of nitrogens with zero attached hydrogens (tertiary/aromatic N) is 3. The molecular formula is C20H20BrN3O7. The lowest BCUT2D eigenvalue weighted by Gasteiger charge is -2.34. The van der Waals surface area contributed by atoms with Crippen LogP contribution in [-0.2, 0) is 16.1 Å². The molecule has 0 spiro atoms. The summed E-state index contributed by atoms with van der Waals surface area (Å²) < 4.78 is 1.07. The molecule has 3 rings (SSSR count). The highest BCUT2D eigenvalue weighted by molar-refractivity contribution is 9.10. The first-order chi connectivity index (χ1) is 14.7. The van der Waals surface area contributed by atoms with Crippen LogP contribution in [-0.4, -0.2) is 69.0 Å². The van der Waals surface area contributed by atoms with Crippen molar-refractivity contribution >= 4 is 39.5 Å². The Labute approximate surface area is 186 Å². The van der Waals surface area contributed by atoms with E-state index in [-0.39, 0.29) is 11.6 Å². The Bertz CT molecular complexity index is 946. The van der Waals surface area contributed by atoms with Gasteiger partial charge in [-0.25, -0.2) is 9.59 Å². The molecule has 1 amide bonds. The van der Waals surface area contributed by atoms with Crippen LogP contribution in [0.1, 0.15) is 15.9 Å². The first-order valence-electron chi connectivity index (χ1n) is 9.14. The molecule has 31 heavy (non-hydrogen) atoms. The molecule has 0 aliphatic carbocycles. The lowest BCUT2D eigenvalue weighted by Crippen LogP contribution is -2.48. The average molecular weight is 494 g/mol. The molecule has 1 aliphatic rings. The Kier molecular flexibility index (Phi) is 8.64. The van der Waals surface area contributed by atoms with Crippen molar-refractivity contribution in [2.24, 2.45) is 0 Å². The second-order valence-electron chi connectivity index (χ2n) is 6.61. The minimum Gasteiger partial charge on any atom is -0.473 e. The van der Waals surface area contributed by atoms with Crippen molar-refractivity contribution in [2.75, 3.05) is 26.2 Å². The van der Waals surface area contributed by atoms with Gasteiger partial charge in [0.15, 0.2) is 0 Å². The first kappa shape index (κ1) is 24.0. The van der Waals surface area contributed by atoms with Gasteiger partial charge in [-0.2, -0.15) is 0 Å². The largest absolute Gasteiger partial charge is 0.473 e. The number of carbonyl (C=O) groups excluding carboxylic acids is 1. The number of nitro groups is 1. The fourth-order valence-electron chi connectivity index (χ4n) is 2.91. The maximum absolute atomic E-state index is 12.5. The maximum Gasteiger partial charge on any atom is 0.414 e. The third-order valence-corrected chi connectivity index (χ3v) is 4.96. The van der Waals surface area contributed by atoms with Crippen LogP contribution in [0.3, 0.4) is 0 Å². The molecule has 2 aromatic carbocycles. The number of non-ortho nitro benzene ring substituents is 1. The normalized spacial score (nSPS) is 13.6. The van der Waals surface area contributed by atoms with Crippen molar-refractivity contribution in [3.05, 3.63) is 74.2 Å². The van der Waals surface area contributed by atoms with Crippen LogP contribution in [0.15, 0.2) is 53.0 Å². The number of carboxylic acids is 2. The second kappa shape index (κ2) is 11.2. The number of piperazine rings is 1. The molecule has 1 heterocycles. The Morgan fingerprint density at radius 1 is 0.968 bits per heavy atom. The summed E-state index contributed by atoms with van der Waals surface area (Å²) in [6.45, 7) is 3.79. The van der Waals surface area contributed by atoms with Crippen molar-refractivity contribution in [1.82, 2.24) is 9.80 Å². The summed E-state index contributed by atoms with van der Waals surface area (Å²) in [5.41, 5.74) is 1.73. The lowest BCUT2D eigenvalue weighted by molar-refractivity contribution is -0.384. The van der Waals surface area contributed by atoms with Gasteiger partial charge in [-0.3, -0.25) is 19.8 Å². The molecule has 164 valence electrons. The van der Waals surface area contributed by atoms with Crippen molar-refractivity contribution in [3.63, 3.8) is 0 Å². The van der Waals surface area contributed by atoms with Crippen molar-refractivity contribution in [2.45, 2.75) is 6.54 Å². The number of halogens is 1. The van der Waals surface area contributed by atoms with E-state index in [9.17, 15) is 14.9 Å². The maximum atomic E-state index is 12.5. The number of carboxylic acid groups (broad SMARTS) is 2. The summed E-state index contributed by atoms with van der Waals surface area (Å²) in [6, 6.07) is 14.0. The van der Waals surface area contributed by atoms with Gasteiger partial charge in [-0.15, -0.1) is 0 Å². The number of hydrogen-bond acceptors (Lipinski definition) is 6. The Hall–Kier alpha value is -3.31. The smallest absolute Gasteiger partial charge is 0.414 e. The molecular weight excluding hydrogens is 474 g/mol. The predicted molar refractivity (Wildman–Crippen MR) is 114 cm³/mol. The van der Waals surface area contributed by atoms with E-state index in [2.05, 4.69) is 33.0 Å². The number of amides is 1. The summed E-state index contributed by atoms with van der Waals surface area (Å²) in [4.78, 5) is 45.1. The van der Waals surface area contributed by atoms with Crippen molar-refractivity contribution in [3.8, 4) is 0 Å². The van der Waals surface area contributed by atoms with Gasteiger partial charge in [0.25, 0.3) is 11.6 Å². The summed E-state index contributed by atoms with van der Waals surface area (Å²) in [6.07, 6.45) is 0. The average Bonchev–Trinajstić information content (AvgIpc) is 2.74. The summed E-state index contributed by atoms with van der Waals surface area (Å²) in [7, 11) is 0. The molecule has 2 aromatic rings. The summed E-state index contributed by atoms with van der Waals surface area (Å²) in [5, 5.41) is 25.5. The van der Waals surface area contributed by atoms with Crippen LogP contribution in [0.25, 0.3) is 0 Å². The fourth-order valence-corrected chi connectivity index (χ4v) is 3.36. The van der Waals surface area contributed by atoms with E-state index < -0.39 is 16.9 Å². The minimum absolute atomic E-state index is 0.00427. The van der Waals surface area contributed by atoms with E-state index in [1.54, 1.807) is 4.90 Å². The Morgan fingerprint density at radius 2 is 1.55 bits per heavy atom. The molecule has 2 N–H and O–H groups in total. The molecule has 0 atom stereocenters. The Balaban J connectivity index is 0.000000501. The van der Waals surface area contributed by atoms with Gasteiger partial charge in [0.2, 0.25) is 0 Å². The monoisotopic (exact) mass is 493 g/mol. The molecule has 11 heteroatoms. The first-order valence-corrected chi connectivity index (χ1v) is 9.93.